The molecule has 0 spiro atoms. The lowest BCUT2D eigenvalue weighted by molar-refractivity contribution is -0.150. The summed E-state index contributed by atoms with van der Waals surface area (Å²) in [5, 5.41) is 13.0. The minimum Gasteiger partial charge on any atom is -0.508 e. The van der Waals surface area contributed by atoms with Crippen molar-refractivity contribution < 1.29 is 24.2 Å². The van der Waals surface area contributed by atoms with Crippen LogP contribution in [0.5, 0.6) is 17.2 Å². The van der Waals surface area contributed by atoms with E-state index in [0.29, 0.717) is 12.3 Å². The van der Waals surface area contributed by atoms with Gasteiger partial charge in [-0.25, -0.2) is 4.79 Å². The van der Waals surface area contributed by atoms with Crippen molar-refractivity contribution in [1.82, 2.24) is 4.90 Å². The second-order valence-electron chi connectivity index (χ2n) is 8.59. The summed E-state index contributed by atoms with van der Waals surface area (Å²) in [7, 11) is 1.11. The number of nitrogens with one attached hydrogen (secondary N) is 1. The van der Waals surface area contributed by atoms with E-state index in [1.54, 1.807) is 18.2 Å². The first-order valence-corrected chi connectivity index (χ1v) is 10.9. The highest BCUT2D eigenvalue weighted by Gasteiger charge is 2.26. The van der Waals surface area contributed by atoms with E-state index >= 15 is 0 Å². The van der Waals surface area contributed by atoms with Crippen molar-refractivity contribution >= 4 is 40.8 Å². The molecular formula is C23H26Cl2N2O5. The zero-order valence-electron chi connectivity index (χ0n) is 18.2. The maximum atomic E-state index is 11.7. The maximum absolute atomic E-state index is 11.7. The molecule has 2 aromatic rings. The molecule has 0 unspecified atom stereocenters. The number of carbonyl (C=O) groups excluding carboxylic acids is 2. The van der Waals surface area contributed by atoms with E-state index in [9.17, 15) is 14.7 Å². The number of esters is 1. The van der Waals surface area contributed by atoms with Crippen molar-refractivity contribution in [3.8, 4) is 17.2 Å². The maximum Gasteiger partial charge on any atom is 0.396 e. The summed E-state index contributed by atoms with van der Waals surface area (Å²) in [6, 6.07) is 7.79. The van der Waals surface area contributed by atoms with E-state index in [2.05, 4.69) is 28.8 Å². The molecule has 172 valence electrons. The molecular weight excluding hydrogens is 455 g/mol. The lowest BCUT2D eigenvalue weighted by atomic mass is 9.84. The van der Waals surface area contributed by atoms with E-state index < -0.39 is 11.9 Å². The highest BCUT2D eigenvalue weighted by molar-refractivity contribution is 6.39. The van der Waals surface area contributed by atoms with Crippen LogP contribution >= 0.6 is 23.2 Å². The number of likely N-dealkylation sites (tertiary alicyclic amines) is 1. The van der Waals surface area contributed by atoms with Crippen molar-refractivity contribution in [3.63, 3.8) is 0 Å². The van der Waals surface area contributed by atoms with Crippen LogP contribution in [0, 0.1) is 5.41 Å². The molecule has 9 heteroatoms. The zero-order chi connectivity index (χ0) is 23.5. The number of benzene rings is 2. The molecule has 7 nitrogen and oxygen atoms in total. The number of ether oxygens (including phenoxy) is 2. The first-order valence-electron chi connectivity index (χ1n) is 10.2. The van der Waals surface area contributed by atoms with Crippen molar-refractivity contribution in [3.05, 3.63) is 45.9 Å². The van der Waals surface area contributed by atoms with Gasteiger partial charge < -0.3 is 19.9 Å². The zero-order valence-corrected chi connectivity index (χ0v) is 19.7. The number of piperidine rings is 1. The predicted octanol–water partition coefficient (Wildman–Crippen LogP) is 5.22. The van der Waals surface area contributed by atoms with Gasteiger partial charge in [0, 0.05) is 24.3 Å². The number of rotatable bonds is 5. The number of amides is 1. The number of carbonyl (C=O) groups is 2. The van der Waals surface area contributed by atoms with Crippen LogP contribution in [0.4, 0.5) is 5.69 Å². The van der Waals surface area contributed by atoms with E-state index in [1.807, 2.05) is 0 Å². The summed E-state index contributed by atoms with van der Waals surface area (Å²) >= 11 is 12.6. The van der Waals surface area contributed by atoms with Crippen LogP contribution in [0.15, 0.2) is 30.3 Å². The number of hydrogen-bond donors (Lipinski definition) is 2. The van der Waals surface area contributed by atoms with E-state index in [4.69, 9.17) is 27.9 Å². The SMILES string of the molecule is COC(=O)C(=O)Nc1cc(Cl)c(Oc2ccc(O)c(CN3CCCC(C)(C)C3)c2)c(Cl)c1. The second kappa shape index (κ2) is 9.98. The highest BCUT2D eigenvalue weighted by atomic mass is 35.5. The Bertz CT molecular complexity index is 1000. The molecule has 3 rings (SSSR count). The molecule has 32 heavy (non-hydrogen) atoms. The van der Waals surface area contributed by atoms with E-state index in [1.165, 1.54) is 18.6 Å². The molecule has 0 radical (unpaired) electrons. The average Bonchev–Trinajstić information content (AvgIpc) is 2.71. The van der Waals surface area contributed by atoms with Gasteiger partial charge in [0.25, 0.3) is 0 Å². The molecule has 0 bridgehead atoms. The van der Waals surface area contributed by atoms with Crippen LogP contribution in [0.2, 0.25) is 10.0 Å². The summed E-state index contributed by atoms with van der Waals surface area (Å²) in [6.45, 7) is 7.03. The number of aromatic hydroxyl groups is 1. The Labute approximate surface area is 197 Å². The predicted molar refractivity (Wildman–Crippen MR) is 124 cm³/mol. The first-order chi connectivity index (χ1) is 15.1. The molecule has 2 N–H and O–H groups in total. The third-order valence-electron chi connectivity index (χ3n) is 5.27. The largest absolute Gasteiger partial charge is 0.508 e. The molecule has 0 saturated carbocycles. The molecule has 1 aliphatic rings. The fourth-order valence-corrected chi connectivity index (χ4v) is 4.36. The molecule has 0 atom stereocenters. The molecule has 1 fully saturated rings. The quantitative estimate of drug-likeness (QED) is 0.450. The van der Waals surface area contributed by atoms with Crippen LogP contribution < -0.4 is 10.1 Å². The van der Waals surface area contributed by atoms with Crippen molar-refractivity contribution in [1.29, 1.82) is 0 Å². The number of anilines is 1. The lowest BCUT2D eigenvalue weighted by Crippen LogP contribution is -2.39. The van der Waals surface area contributed by atoms with Gasteiger partial charge in [-0.3, -0.25) is 9.69 Å². The second-order valence-corrected chi connectivity index (χ2v) is 9.40. The summed E-state index contributed by atoms with van der Waals surface area (Å²) in [5.41, 5.74) is 1.21. The summed E-state index contributed by atoms with van der Waals surface area (Å²) in [4.78, 5) is 25.3. The van der Waals surface area contributed by atoms with Gasteiger partial charge in [-0.1, -0.05) is 37.0 Å². The van der Waals surface area contributed by atoms with Gasteiger partial charge in [0.2, 0.25) is 0 Å². The molecule has 1 heterocycles. The Morgan fingerprint density at radius 1 is 1.19 bits per heavy atom. The highest BCUT2D eigenvalue weighted by Crippen LogP contribution is 2.40. The van der Waals surface area contributed by atoms with Gasteiger partial charge in [0.1, 0.15) is 11.5 Å². The monoisotopic (exact) mass is 480 g/mol. The minimum atomic E-state index is -1.04. The molecule has 0 aromatic heterocycles. The number of hydrogen-bond acceptors (Lipinski definition) is 6. The summed E-state index contributed by atoms with van der Waals surface area (Å²) in [6.07, 6.45) is 2.31. The standard InChI is InChI=1S/C23H26Cl2N2O5/c1-23(2)7-4-8-27(13-23)12-14-9-16(5-6-19(14)28)32-20-17(24)10-15(11-18(20)25)26-21(29)22(30)31-3/h5-6,9-11,28H,4,7-8,12-13H2,1-3H3,(H,26,29). The number of halogens is 2. The Kier molecular flexibility index (Phi) is 7.54. The fraction of sp³-hybridized carbons (Fsp3) is 0.391. The smallest absolute Gasteiger partial charge is 0.396 e. The molecule has 1 aliphatic heterocycles. The van der Waals surface area contributed by atoms with Crippen molar-refractivity contribution in [2.75, 3.05) is 25.5 Å². The average molecular weight is 481 g/mol. The van der Waals surface area contributed by atoms with Crippen LogP contribution in [-0.2, 0) is 20.9 Å². The van der Waals surface area contributed by atoms with Crippen LogP contribution in [0.25, 0.3) is 0 Å². The number of phenolic OH excluding ortho intramolecular Hbond substituents is 1. The topological polar surface area (TPSA) is 88.1 Å². The van der Waals surface area contributed by atoms with Gasteiger partial charge in [-0.05, 0) is 55.1 Å². The third kappa shape index (κ3) is 6.06. The van der Waals surface area contributed by atoms with Crippen LogP contribution in [0.1, 0.15) is 32.3 Å². The Hall–Kier alpha value is -2.48. The van der Waals surface area contributed by atoms with Gasteiger partial charge in [0.15, 0.2) is 5.75 Å². The van der Waals surface area contributed by atoms with Gasteiger partial charge in [-0.2, -0.15) is 0 Å². The van der Waals surface area contributed by atoms with Crippen molar-refractivity contribution in [2.45, 2.75) is 33.2 Å². The number of methoxy groups -OCH3 is 1. The Balaban J connectivity index is 1.76. The van der Waals surface area contributed by atoms with Crippen LogP contribution in [0.3, 0.4) is 0 Å². The molecule has 0 aliphatic carbocycles. The Morgan fingerprint density at radius 2 is 1.88 bits per heavy atom. The van der Waals surface area contributed by atoms with Gasteiger partial charge in [0.05, 0.1) is 17.2 Å². The normalized spacial score (nSPS) is 15.8. The Morgan fingerprint density at radius 3 is 2.50 bits per heavy atom. The third-order valence-corrected chi connectivity index (χ3v) is 5.83. The number of nitrogens with zero attached hydrogens (tertiary/aromatic N) is 1. The number of phenols is 1. The molecule has 1 amide bonds. The fourth-order valence-electron chi connectivity index (χ4n) is 3.79. The first kappa shape index (κ1) is 24.2. The molecule has 1 saturated heterocycles. The summed E-state index contributed by atoms with van der Waals surface area (Å²) in [5.74, 6) is -1.13. The van der Waals surface area contributed by atoms with Gasteiger partial charge in [-0.15, -0.1) is 0 Å². The van der Waals surface area contributed by atoms with Gasteiger partial charge >= 0.3 is 11.9 Å². The van der Waals surface area contributed by atoms with Crippen LogP contribution in [-0.4, -0.2) is 42.1 Å². The lowest BCUT2D eigenvalue weighted by Gasteiger charge is -2.38. The summed E-state index contributed by atoms with van der Waals surface area (Å²) < 4.78 is 10.3. The van der Waals surface area contributed by atoms with E-state index in [0.717, 1.165) is 32.2 Å². The molecule has 2 aromatic carbocycles. The van der Waals surface area contributed by atoms with E-state index in [-0.39, 0.29) is 32.6 Å². The minimum absolute atomic E-state index is 0.144. The van der Waals surface area contributed by atoms with Crippen molar-refractivity contribution in [2.24, 2.45) is 5.41 Å².